The fourth-order valence-corrected chi connectivity index (χ4v) is 3.25. The predicted octanol–water partition coefficient (Wildman–Crippen LogP) is 3.88. The van der Waals surface area contributed by atoms with E-state index in [2.05, 4.69) is 5.32 Å². The third kappa shape index (κ3) is 4.45. The Bertz CT molecular complexity index is 912. The number of halogens is 2. The molecular formula is C19H17ClFN3O4. The van der Waals surface area contributed by atoms with Crippen molar-refractivity contribution in [3.63, 3.8) is 0 Å². The number of rotatable bonds is 4. The van der Waals surface area contributed by atoms with Gasteiger partial charge in [0.15, 0.2) is 0 Å². The maximum Gasteiger partial charge on any atom is 0.269 e. The Labute approximate surface area is 165 Å². The highest BCUT2D eigenvalue weighted by Gasteiger charge is 2.28. The number of hydrogen-bond donors (Lipinski definition) is 1. The van der Waals surface area contributed by atoms with Crippen molar-refractivity contribution in [2.75, 3.05) is 18.4 Å². The van der Waals surface area contributed by atoms with Crippen molar-refractivity contribution in [2.24, 2.45) is 5.92 Å². The van der Waals surface area contributed by atoms with Crippen molar-refractivity contribution in [3.05, 3.63) is 69.0 Å². The number of amides is 2. The SMILES string of the molecule is O=C(Nc1ccc(F)c(Cl)c1)C1CCN(C(=O)c2ccc([N+](=O)[O-])cc2)CC1. The molecule has 2 amide bonds. The monoisotopic (exact) mass is 405 g/mol. The van der Waals surface area contributed by atoms with Crippen molar-refractivity contribution in [1.82, 2.24) is 4.90 Å². The van der Waals surface area contributed by atoms with Crippen LogP contribution in [0, 0.1) is 21.8 Å². The van der Waals surface area contributed by atoms with E-state index in [1.54, 1.807) is 4.90 Å². The van der Waals surface area contributed by atoms with Crippen LogP contribution in [0.2, 0.25) is 5.02 Å². The number of carbonyl (C=O) groups excluding carboxylic acids is 2. The molecule has 1 heterocycles. The number of hydrogen-bond acceptors (Lipinski definition) is 4. The van der Waals surface area contributed by atoms with Crippen molar-refractivity contribution in [2.45, 2.75) is 12.8 Å². The Kier molecular flexibility index (Phi) is 5.89. The van der Waals surface area contributed by atoms with Gasteiger partial charge in [0, 0.05) is 42.4 Å². The molecule has 146 valence electrons. The lowest BCUT2D eigenvalue weighted by Gasteiger charge is -2.31. The van der Waals surface area contributed by atoms with Gasteiger partial charge in [-0.3, -0.25) is 19.7 Å². The number of likely N-dealkylation sites (tertiary alicyclic amines) is 1. The molecule has 1 N–H and O–H groups in total. The quantitative estimate of drug-likeness (QED) is 0.617. The van der Waals surface area contributed by atoms with Crippen LogP contribution in [0.15, 0.2) is 42.5 Å². The minimum Gasteiger partial charge on any atom is -0.339 e. The van der Waals surface area contributed by atoms with Crippen LogP contribution in [0.1, 0.15) is 23.2 Å². The lowest BCUT2D eigenvalue weighted by Crippen LogP contribution is -2.41. The molecule has 0 unspecified atom stereocenters. The van der Waals surface area contributed by atoms with E-state index in [1.807, 2.05) is 0 Å². The lowest BCUT2D eigenvalue weighted by molar-refractivity contribution is -0.384. The van der Waals surface area contributed by atoms with Crippen molar-refractivity contribution < 1.29 is 18.9 Å². The smallest absolute Gasteiger partial charge is 0.269 e. The predicted molar refractivity (Wildman–Crippen MR) is 102 cm³/mol. The van der Waals surface area contributed by atoms with Crippen molar-refractivity contribution >= 4 is 34.8 Å². The highest BCUT2D eigenvalue weighted by molar-refractivity contribution is 6.31. The van der Waals surface area contributed by atoms with E-state index in [-0.39, 0.29) is 28.4 Å². The van der Waals surface area contributed by atoms with Crippen LogP contribution in [0.4, 0.5) is 15.8 Å². The maximum absolute atomic E-state index is 13.2. The molecule has 3 rings (SSSR count). The molecule has 1 aliphatic heterocycles. The molecule has 0 spiro atoms. The molecule has 1 fully saturated rings. The molecule has 0 bridgehead atoms. The molecule has 0 saturated carbocycles. The first-order valence-electron chi connectivity index (χ1n) is 8.65. The molecule has 1 aliphatic rings. The molecule has 2 aromatic rings. The van der Waals surface area contributed by atoms with Crippen molar-refractivity contribution in [1.29, 1.82) is 0 Å². The van der Waals surface area contributed by atoms with Crippen LogP contribution in [0.25, 0.3) is 0 Å². The molecule has 2 aromatic carbocycles. The minimum absolute atomic E-state index is 0.0682. The van der Waals surface area contributed by atoms with Gasteiger partial charge in [-0.15, -0.1) is 0 Å². The molecule has 0 aromatic heterocycles. The summed E-state index contributed by atoms with van der Waals surface area (Å²) in [5, 5.41) is 13.3. The fourth-order valence-electron chi connectivity index (χ4n) is 3.07. The second kappa shape index (κ2) is 8.35. The Morgan fingerprint density at radius 1 is 1.14 bits per heavy atom. The average molecular weight is 406 g/mol. The molecule has 0 aliphatic carbocycles. The van der Waals surface area contributed by atoms with Gasteiger partial charge in [0.05, 0.1) is 9.95 Å². The number of piperidine rings is 1. The third-order valence-corrected chi connectivity index (χ3v) is 4.95. The summed E-state index contributed by atoms with van der Waals surface area (Å²) in [6.07, 6.45) is 0.971. The van der Waals surface area contributed by atoms with E-state index in [9.17, 15) is 24.1 Å². The van der Waals surface area contributed by atoms with E-state index in [0.29, 0.717) is 37.2 Å². The first-order valence-corrected chi connectivity index (χ1v) is 9.02. The zero-order valence-corrected chi connectivity index (χ0v) is 15.5. The van der Waals surface area contributed by atoms with Crippen molar-refractivity contribution in [3.8, 4) is 0 Å². The van der Waals surface area contributed by atoms with Gasteiger partial charge in [0.25, 0.3) is 11.6 Å². The second-order valence-electron chi connectivity index (χ2n) is 6.49. The summed E-state index contributed by atoms with van der Waals surface area (Å²) < 4.78 is 13.2. The molecule has 28 heavy (non-hydrogen) atoms. The second-order valence-corrected chi connectivity index (χ2v) is 6.90. The number of non-ortho nitro benzene ring substituents is 1. The first kappa shape index (κ1) is 19.8. The van der Waals surface area contributed by atoms with Gasteiger partial charge in [-0.1, -0.05) is 11.6 Å². The van der Waals surface area contributed by atoms with E-state index in [0.717, 1.165) is 0 Å². The molecule has 1 saturated heterocycles. The number of nitro benzene ring substituents is 1. The third-order valence-electron chi connectivity index (χ3n) is 4.67. The van der Waals surface area contributed by atoms with Crippen LogP contribution in [0.5, 0.6) is 0 Å². The molecule has 7 nitrogen and oxygen atoms in total. The summed E-state index contributed by atoms with van der Waals surface area (Å²) >= 11 is 5.71. The van der Waals surface area contributed by atoms with E-state index >= 15 is 0 Å². The number of benzene rings is 2. The number of anilines is 1. The minimum atomic E-state index is -0.558. The average Bonchev–Trinajstić information content (AvgIpc) is 2.70. The van der Waals surface area contributed by atoms with E-state index < -0.39 is 10.7 Å². The Balaban J connectivity index is 1.55. The highest BCUT2D eigenvalue weighted by atomic mass is 35.5. The van der Waals surface area contributed by atoms with Crippen LogP contribution >= 0.6 is 11.6 Å². The van der Waals surface area contributed by atoms with Gasteiger partial charge in [-0.05, 0) is 43.2 Å². The number of carbonyl (C=O) groups is 2. The molecule has 0 radical (unpaired) electrons. The summed E-state index contributed by atoms with van der Waals surface area (Å²) in [7, 11) is 0. The molecule has 0 atom stereocenters. The van der Waals surface area contributed by atoms with Gasteiger partial charge in [-0.25, -0.2) is 4.39 Å². The summed E-state index contributed by atoms with van der Waals surface area (Å²) in [5.41, 5.74) is 0.711. The van der Waals surface area contributed by atoms with E-state index in [1.165, 1.54) is 42.5 Å². The number of nitrogens with zero attached hydrogens (tertiary/aromatic N) is 2. The number of nitrogens with one attached hydrogen (secondary N) is 1. The Morgan fingerprint density at radius 2 is 1.79 bits per heavy atom. The van der Waals surface area contributed by atoms with Crippen LogP contribution in [0.3, 0.4) is 0 Å². The summed E-state index contributed by atoms with van der Waals surface area (Å²) in [4.78, 5) is 36.7. The molecular weight excluding hydrogens is 389 g/mol. The van der Waals surface area contributed by atoms with E-state index in [4.69, 9.17) is 11.6 Å². The zero-order chi connectivity index (χ0) is 20.3. The van der Waals surface area contributed by atoms with Crippen LogP contribution < -0.4 is 5.32 Å². The first-order chi connectivity index (χ1) is 13.3. The standard InChI is InChI=1S/C19H17ClFN3O4/c20-16-11-14(3-6-17(16)21)22-18(25)12-7-9-23(10-8-12)19(26)13-1-4-15(5-2-13)24(27)28/h1-6,11-12H,7-10H2,(H,22,25). The molecule has 9 heteroatoms. The summed E-state index contributed by atoms with van der Waals surface area (Å²) in [6.45, 7) is 0.802. The van der Waals surface area contributed by atoms with Gasteiger partial charge >= 0.3 is 0 Å². The number of nitro groups is 1. The fraction of sp³-hybridized carbons (Fsp3) is 0.263. The topological polar surface area (TPSA) is 92.6 Å². The normalized spacial score (nSPS) is 14.6. The van der Waals surface area contributed by atoms with Crippen LogP contribution in [-0.2, 0) is 4.79 Å². The summed E-state index contributed by atoms with van der Waals surface area (Å²) in [5.74, 6) is -1.26. The zero-order valence-electron chi connectivity index (χ0n) is 14.7. The van der Waals surface area contributed by atoms with Gasteiger partial charge in [0.2, 0.25) is 5.91 Å². The Morgan fingerprint density at radius 3 is 2.36 bits per heavy atom. The summed E-state index contributed by atoms with van der Waals surface area (Å²) in [6, 6.07) is 9.41. The Hall–Kier alpha value is -3.00. The largest absolute Gasteiger partial charge is 0.339 e. The lowest BCUT2D eigenvalue weighted by atomic mass is 9.95. The highest BCUT2D eigenvalue weighted by Crippen LogP contribution is 2.24. The van der Waals surface area contributed by atoms with Gasteiger partial charge < -0.3 is 10.2 Å². The van der Waals surface area contributed by atoms with Crippen LogP contribution in [-0.4, -0.2) is 34.7 Å². The van der Waals surface area contributed by atoms with Gasteiger partial charge in [0.1, 0.15) is 5.82 Å². The maximum atomic E-state index is 13.2. The van der Waals surface area contributed by atoms with Gasteiger partial charge in [-0.2, -0.15) is 0 Å².